The van der Waals surface area contributed by atoms with Gasteiger partial charge < -0.3 is 10.1 Å². The molecule has 3 nitrogen and oxygen atoms in total. The van der Waals surface area contributed by atoms with Crippen LogP contribution in [0.3, 0.4) is 0 Å². The normalized spacial score (nSPS) is 37.1. The monoisotopic (exact) mass is 268 g/mol. The molecule has 0 aromatic carbocycles. The molecule has 0 radical (unpaired) electrons. The zero-order valence-corrected chi connectivity index (χ0v) is 13.2. The van der Waals surface area contributed by atoms with E-state index in [1.54, 1.807) is 0 Å². The first-order chi connectivity index (χ1) is 9.08. The minimum atomic E-state index is 0.471. The fourth-order valence-corrected chi connectivity index (χ4v) is 3.48. The van der Waals surface area contributed by atoms with E-state index in [1.807, 2.05) is 0 Å². The Bertz CT molecular complexity index is 269. The highest BCUT2D eigenvalue weighted by atomic mass is 16.5. The van der Waals surface area contributed by atoms with Gasteiger partial charge in [-0.15, -0.1) is 0 Å². The quantitative estimate of drug-likeness (QED) is 0.829. The Labute approximate surface area is 119 Å². The van der Waals surface area contributed by atoms with Crippen molar-refractivity contribution in [3.05, 3.63) is 0 Å². The van der Waals surface area contributed by atoms with Gasteiger partial charge in [0.1, 0.15) is 0 Å². The molecular formula is C16H32N2O. The Morgan fingerprint density at radius 1 is 1.32 bits per heavy atom. The van der Waals surface area contributed by atoms with E-state index in [1.165, 1.54) is 32.2 Å². The number of hydrogen-bond donors (Lipinski definition) is 1. The van der Waals surface area contributed by atoms with Crippen molar-refractivity contribution in [2.45, 2.75) is 77.7 Å². The molecular weight excluding hydrogens is 236 g/mol. The third-order valence-corrected chi connectivity index (χ3v) is 4.61. The Morgan fingerprint density at radius 2 is 2.11 bits per heavy atom. The predicted molar refractivity (Wildman–Crippen MR) is 80.5 cm³/mol. The molecule has 2 heterocycles. The molecule has 3 heteroatoms. The summed E-state index contributed by atoms with van der Waals surface area (Å²) >= 11 is 0. The van der Waals surface area contributed by atoms with E-state index in [9.17, 15) is 0 Å². The van der Waals surface area contributed by atoms with Crippen LogP contribution in [0.4, 0.5) is 0 Å². The van der Waals surface area contributed by atoms with Crippen LogP contribution in [-0.2, 0) is 4.74 Å². The maximum Gasteiger partial charge on any atom is 0.0706 e. The third-order valence-electron chi connectivity index (χ3n) is 4.61. The van der Waals surface area contributed by atoms with Gasteiger partial charge in [0, 0.05) is 31.7 Å². The van der Waals surface area contributed by atoms with Crippen molar-refractivity contribution in [1.29, 1.82) is 0 Å². The van der Waals surface area contributed by atoms with Gasteiger partial charge in [0.05, 0.1) is 12.2 Å². The molecule has 1 N–H and O–H groups in total. The number of hydrogen-bond acceptors (Lipinski definition) is 3. The first-order valence-corrected chi connectivity index (χ1v) is 8.21. The molecule has 4 atom stereocenters. The van der Waals surface area contributed by atoms with Crippen LogP contribution in [0.5, 0.6) is 0 Å². The van der Waals surface area contributed by atoms with Crippen molar-refractivity contribution in [3.63, 3.8) is 0 Å². The summed E-state index contributed by atoms with van der Waals surface area (Å²) in [6.45, 7) is 12.6. The Balaban J connectivity index is 1.90. The Hall–Kier alpha value is -0.120. The second-order valence-corrected chi connectivity index (χ2v) is 6.90. The maximum atomic E-state index is 6.02. The third kappa shape index (κ3) is 4.44. The number of rotatable bonds is 5. The van der Waals surface area contributed by atoms with Crippen LogP contribution >= 0.6 is 0 Å². The summed E-state index contributed by atoms with van der Waals surface area (Å²) in [7, 11) is 0. The van der Waals surface area contributed by atoms with Crippen LogP contribution in [-0.4, -0.2) is 48.8 Å². The number of nitrogens with zero attached hydrogens (tertiary/aromatic N) is 1. The molecule has 0 saturated carbocycles. The average molecular weight is 268 g/mol. The molecule has 0 aromatic rings. The van der Waals surface area contributed by atoms with E-state index in [4.69, 9.17) is 4.74 Å². The van der Waals surface area contributed by atoms with Gasteiger partial charge in [0.15, 0.2) is 0 Å². The van der Waals surface area contributed by atoms with Gasteiger partial charge >= 0.3 is 0 Å². The van der Waals surface area contributed by atoms with Crippen LogP contribution in [0.25, 0.3) is 0 Å². The molecule has 0 spiro atoms. The van der Waals surface area contributed by atoms with Crippen molar-refractivity contribution >= 4 is 0 Å². The average Bonchev–Trinajstić information content (AvgIpc) is 2.76. The number of nitrogens with one attached hydrogen (secondary N) is 1. The van der Waals surface area contributed by atoms with E-state index in [-0.39, 0.29) is 0 Å². The standard InChI is InChI=1S/C16H32N2O/c1-5-14-10-18(11-16-7-6-13(4)19-16)15(9-17-14)8-12(2)3/h12-17H,5-11H2,1-4H3. The summed E-state index contributed by atoms with van der Waals surface area (Å²) in [6.07, 6.45) is 5.95. The van der Waals surface area contributed by atoms with Gasteiger partial charge in [-0.1, -0.05) is 20.8 Å². The van der Waals surface area contributed by atoms with E-state index in [2.05, 4.69) is 37.9 Å². The van der Waals surface area contributed by atoms with Gasteiger partial charge in [-0.3, -0.25) is 4.90 Å². The van der Waals surface area contributed by atoms with Crippen LogP contribution in [0, 0.1) is 5.92 Å². The maximum absolute atomic E-state index is 6.02. The van der Waals surface area contributed by atoms with Gasteiger partial charge in [-0.05, 0) is 38.5 Å². The van der Waals surface area contributed by atoms with Gasteiger partial charge in [0.25, 0.3) is 0 Å². The van der Waals surface area contributed by atoms with Crippen LogP contribution in [0.1, 0.15) is 53.4 Å². The number of piperazine rings is 1. The zero-order chi connectivity index (χ0) is 13.8. The Morgan fingerprint density at radius 3 is 2.68 bits per heavy atom. The smallest absolute Gasteiger partial charge is 0.0706 e. The largest absolute Gasteiger partial charge is 0.374 e. The van der Waals surface area contributed by atoms with Crippen LogP contribution < -0.4 is 5.32 Å². The molecule has 0 aromatic heterocycles. The van der Waals surface area contributed by atoms with E-state index in [0.717, 1.165) is 19.0 Å². The van der Waals surface area contributed by atoms with E-state index < -0.39 is 0 Å². The molecule has 112 valence electrons. The van der Waals surface area contributed by atoms with Crippen molar-refractivity contribution < 1.29 is 4.74 Å². The first kappa shape index (κ1) is 15.3. The molecule has 0 bridgehead atoms. The predicted octanol–water partition coefficient (Wildman–Crippen LogP) is 2.65. The van der Waals surface area contributed by atoms with Gasteiger partial charge in [0.2, 0.25) is 0 Å². The van der Waals surface area contributed by atoms with Gasteiger partial charge in [-0.25, -0.2) is 0 Å². The highest BCUT2D eigenvalue weighted by molar-refractivity contribution is 4.88. The topological polar surface area (TPSA) is 24.5 Å². The summed E-state index contributed by atoms with van der Waals surface area (Å²) in [6, 6.07) is 1.37. The first-order valence-electron chi connectivity index (χ1n) is 8.21. The summed E-state index contributed by atoms with van der Waals surface area (Å²) in [4.78, 5) is 2.70. The molecule has 0 amide bonds. The Kier molecular flexibility index (Phi) is 5.67. The number of ether oxygens (including phenoxy) is 1. The van der Waals surface area contributed by atoms with Crippen LogP contribution in [0.15, 0.2) is 0 Å². The highest BCUT2D eigenvalue weighted by Crippen LogP contribution is 2.23. The van der Waals surface area contributed by atoms with Crippen molar-refractivity contribution in [3.8, 4) is 0 Å². The summed E-state index contributed by atoms with van der Waals surface area (Å²) < 4.78 is 6.02. The molecule has 2 aliphatic heterocycles. The SMILES string of the molecule is CCC1CN(CC2CCC(C)O2)C(CC(C)C)CN1. The molecule has 0 aliphatic carbocycles. The molecule has 4 unspecified atom stereocenters. The van der Waals surface area contributed by atoms with Gasteiger partial charge in [-0.2, -0.15) is 0 Å². The second kappa shape index (κ2) is 7.05. The fraction of sp³-hybridized carbons (Fsp3) is 1.00. The summed E-state index contributed by atoms with van der Waals surface area (Å²) in [5.41, 5.74) is 0. The molecule has 2 rings (SSSR count). The van der Waals surface area contributed by atoms with Crippen molar-refractivity contribution in [2.24, 2.45) is 5.92 Å². The van der Waals surface area contributed by atoms with Crippen LogP contribution in [0.2, 0.25) is 0 Å². The van der Waals surface area contributed by atoms with E-state index >= 15 is 0 Å². The van der Waals surface area contributed by atoms with Crippen molar-refractivity contribution in [2.75, 3.05) is 19.6 Å². The van der Waals surface area contributed by atoms with E-state index in [0.29, 0.717) is 24.3 Å². The lowest BCUT2D eigenvalue weighted by molar-refractivity contribution is 0.00722. The zero-order valence-electron chi connectivity index (χ0n) is 13.2. The molecule has 19 heavy (non-hydrogen) atoms. The fourth-order valence-electron chi connectivity index (χ4n) is 3.48. The highest BCUT2D eigenvalue weighted by Gasteiger charge is 2.31. The van der Waals surface area contributed by atoms with Crippen molar-refractivity contribution in [1.82, 2.24) is 10.2 Å². The lowest BCUT2D eigenvalue weighted by atomic mass is 9.97. The minimum Gasteiger partial charge on any atom is -0.374 e. The lowest BCUT2D eigenvalue weighted by Gasteiger charge is -2.42. The minimum absolute atomic E-state index is 0.471. The molecule has 2 saturated heterocycles. The summed E-state index contributed by atoms with van der Waals surface area (Å²) in [5.74, 6) is 0.774. The molecule has 2 aliphatic rings. The molecule has 2 fully saturated rings. The summed E-state index contributed by atoms with van der Waals surface area (Å²) in [5, 5.41) is 3.71. The second-order valence-electron chi connectivity index (χ2n) is 6.90. The lowest BCUT2D eigenvalue weighted by Crippen LogP contribution is -2.58.